The molecule has 0 unspecified atom stereocenters. The Morgan fingerprint density at radius 1 is 1.13 bits per heavy atom. The third kappa shape index (κ3) is 2.41. The average molecular weight is 318 g/mol. The Balaban J connectivity index is 1.88. The van der Waals surface area contributed by atoms with Gasteiger partial charge >= 0.3 is 0 Å². The summed E-state index contributed by atoms with van der Waals surface area (Å²) in [5.41, 5.74) is 1.29. The number of halogens is 2. The van der Waals surface area contributed by atoms with E-state index in [0.717, 1.165) is 37.4 Å². The molecule has 7 heteroatoms. The van der Waals surface area contributed by atoms with Crippen LogP contribution in [0.2, 0.25) is 0 Å². The van der Waals surface area contributed by atoms with Gasteiger partial charge in [0, 0.05) is 37.1 Å². The molecule has 120 valence electrons. The minimum atomic E-state index is -2.51. The van der Waals surface area contributed by atoms with E-state index in [2.05, 4.69) is 27.0 Å². The van der Waals surface area contributed by atoms with E-state index in [4.69, 9.17) is 4.52 Å². The van der Waals surface area contributed by atoms with Crippen molar-refractivity contribution >= 4 is 27.6 Å². The normalized spacial score (nSPS) is 16.8. The second-order valence-electron chi connectivity index (χ2n) is 5.88. The van der Waals surface area contributed by atoms with Crippen molar-refractivity contribution in [1.82, 2.24) is 15.0 Å². The Morgan fingerprint density at radius 2 is 1.91 bits per heavy atom. The van der Waals surface area contributed by atoms with Crippen LogP contribution in [0.25, 0.3) is 21.8 Å². The number of anilines is 1. The van der Waals surface area contributed by atoms with Crippen LogP contribution < -0.4 is 4.90 Å². The Labute approximate surface area is 131 Å². The third-order valence-electron chi connectivity index (χ3n) is 4.37. The number of likely N-dealkylation sites (N-methyl/N-ethyl adjacent to an activating group) is 1. The molecule has 0 saturated carbocycles. The first-order chi connectivity index (χ1) is 11.1. The van der Waals surface area contributed by atoms with Crippen molar-refractivity contribution in [2.24, 2.45) is 0 Å². The largest absolute Gasteiger partial charge is 0.363 e. The van der Waals surface area contributed by atoms with Crippen molar-refractivity contribution in [3.8, 4) is 0 Å². The van der Waals surface area contributed by atoms with Gasteiger partial charge in [0.2, 0.25) is 0 Å². The van der Waals surface area contributed by atoms with Gasteiger partial charge in [-0.1, -0.05) is 11.2 Å². The second-order valence-corrected chi connectivity index (χ2v) is 5.88. The number of benzene rings is 1. The summed E-state index contributed by atoms with van der Waals surface area (Å²) in [6.07, 6.45) is -1.000. The first-order valence-corrected chi connectivity index (χ1v) is 7.53. The topological polar surface area (TPSA) is 45.4 Å². The van der Waals surface area contributed by atoms with E-state index in [1.54, 1.807) is 6.07 Å². The number of hydrogen-bond acceptors (Lipinski definition) is 5. The van der Waals surface area contributed by atoms with Gasteiger partial charge in [0.15, 0.2) is 11.3 Å². The van der Waals surface area contributed by atoms with E-state index >= 15 is 0 Å². The molecule has 0 aliphatic carbocycles. The lowest BCUT2D eigenvalue weighted by atomic mass is 10.1. The highest BCUT2D eigenvalue weighted by Gasteiger charge is 2.21. The molecule has 1 aliphatic heterocycles. The lowest BCUT2D eigenvalue weighted by Crippen LogP contribution is -2.44. The van der Waals surface area contributed by atoms with E-state index < -0.39 is 6.43 Å². The van der Waals surface area contributed by atoms with E-state index in [9.17, 15) is 8.78 Å². The second kappa shape index (κ2) is 5.42. The predicted molar refractivity (Wildman–Crippen MR) is 84.0 cm³/mol. The molecule has 0 N–H and O–H groups in total. The number of pyridine rings is 1. The van der Waals surface area contributed by atoms with Gasteiger partial charge in [-0.3, -0.25) is 0 Å². The minimum absolute atomic E-state index is 0.0193. The van der Waals surface area contributed by atoms with Gasteiger partial charge in [-0.2, -0.15) is 0 Å². The third-order valence-corrected chi connectivity index (χ3v) is 4.37. The Hall–Kier alpha value is -2.28. The molecule has 0 radical (unpaired) electrons. The van der Waals surface area contributed by atoms with Crippen molar-refractivity contribution in [2.75, 3.05) is 38.1 Å². The minimum Gasteiger partial charge on any atom is -0.363 e. The molecule has 0 spiro atoms. The molecule has 0 atom stereocenters. The zero-order chi connectivity index (χ0) is 16.0. The van der Waals surface area contributed by atoms with Gasteiger partial charge in [-0.05, 0) is 19.2 Å². The van der Waals surface area contributed by atoms with E-state index in [1.807, 2.05) is 0 Å². The average Bonchev–Trinajstić information content (AvgIpc) is 3.04. The van der Waals surface area contributed by atoms with Gasteiger partial charge < -0.3 is 14.3 Å². The van der Waals surface area contributed by atoms with Crippen LogP contribution in [0.3, 0.4) is 0 Å². The molecule has 1 fully saturated rings. The first kappa shape index (κ1) is 14.3. The van der Waals surface area contributed by atoms with Gasteiger partial charge in [0.1, 0.15) is 6.26 Å². The van der Waals surface area contributed by atoms with Crippen LogP contribution >= 0.6 is 0 Å². The predicted octanol–water partition coefficient (Wildman–Crippen LogP) is 3.07. The zero-order valence-electron chi connectivity index (χ0n) is 12.7. The summed E-state index contributed by atoms with van der Waals surface area (Å²) >= 11 is 0. The quantitative estimate of drug-likeness (QED) is 0.726. The van der Waals surface area contributed by atoms with E-state index in [1.165, 1.54) is 18.4 Å². The summed E-state index contributed by atoms with van der Waals surface area (Å²) in [5, 5.41) is 5.44. The summed E-state index contributed by atoms with van der Waals surface area (Å²) in [6, 6.07) is 4.54. The number of alkyl halides is 2. The number of hydrogen-bond donors (Lipinski definition) is 0. The lowest BCUT2D eigenvalue weighted by Gasteiger charge is -2.33. The van der Waals surface area contributed by atoms with Gasteiger partial charge in [0.25, 0.3) is 6.43 Å². The molecule has 4 rings (SSSR count). The van der Waals surface area contributed by atoms with Crippen LogP contribution in [0.15, 0.2) is 29.0 Å². The van der Waals surface area contributed by atoms with Gasteiger partial charge in [-0.15, -0.1) is 0 Å². The molecular weight excluding hydrogens is 302 g/mol. The molecule has 0 amide bonds. The smallest absolute Gasteiger partial charge is 0.263 e. The summed E-state index contributed by atoms with van der Waals surface area (Å²) in [5.74, 6) is 0.763. The number of nitrogens with zero attached hydrogens (tertiary/aromatic N) is 4. The SMILES string of the molecule is CN1CCN(c2nc3ccc(C(F)F)cc3c3conc23)CC1. The summed E-state index contributed by atoms with van der Waals surface area (Å²) in [6.45, 7) is 3.60. The number of aromatic nitrogens is 2. The van der Waals surface area contributed by atoms with Crippen molar-refractivity contribution in [3.05, 3.63) is 30.0 Å². The van der Waals surface area contributed by atoms with Crippen LogP contribution in [0.1, 0.15) is 12.0 Å². The number of fused-ring (bicyclic) bond motifs is 3. The Kier molecular flexibility index (Phi) is 3.37. The van der Waals surface area contributed by atoms with Gasteiger partial charge in [0.05, 0.1) is 10.9 Å². The summed E-state index contributed by atoms with van der Waals surface area (Å²) in [7, 11) is 2.09. The monoisotopic (exact) mass is 318 g/mol. The van der Waals surface area contributed by atoms with Crippen LogP contribution in [-0.2, 0) is 0 Å². The highest BCUT2D eigenvalue weighted by Crippen LogP contribution is 2.33. The molecular formula is C16H16F2N4O. The van der Waals surface area contributed by atoms with Crippen molar-refractivity contribution < 1.29 is 13.3 Å². The molecule has 2 aromatic heterocycles. The van der Waals surface area contributed by atoms with Crippen LogP contribution in [0, 0.1) is 0 Å². The maximum Gasteiger partial charge on any atom is 0.263 e. The molecule has 3 aromatic rings. The molecule has 23 heavy (non-hydrogen) atoms. The number of rotatable bonds is 2. The standard InChI is InChI=1S/C16H16F2N4O/c1-21-4-6-22(7-5-21)16-14-12(9-23-20-14)11-8-10(15(17)18)2-3-13(11)19-16/h2-3,8-9,15H,4-7H2,1H3. The fourth-order valence-electron chi connectivity index (χ4n) is 3.00. The molecule has 3 heterocycles. The summed E-state index contributed by atoms with van der Waals surface area (Å²) < 4.78 is 31.0. The molecule has 1 saturated heterocycles. The van der Waals surface area contributed by atoms with Crippen LogP contribution in [0.5, 0.6) is 0 Å². The zero-order valence-corrected chi connectivity index (χ0v) is 12.7. The maximum atomic E-state index is 13.0. The Morgan fingerprint density at radius 3 is 2.65 bits per heavy atom. The highest BCUT2D eigenvalue weighted by molar-refractivity contribution is 6.08. The van der Waals surface area contributed by atoms with E-state index in [-0.39, 0.29) is 5.56 Å². The van der Waals surface area contributed by atoms with Crippen molar-refractivity contribution in [1.29, 1.82) is 0 Å². The van der Waals surface area contributed by atoms with Crippen LogP contribution in [0.4, 0.5) is 14.6 Å². The molecule has 0 bridgehead atoms. The molecule has 5 nitrogen and oxygen atoms in total. The van der Waals surface area contributed by atoms with Crippen molar-refractivity contribution in [3.63, 3.8) is 0 Å². The van der Waals surface area contributed by atoms with Gasteiger partial charge in [-0.25, -0.2) is 13.8 Å². The molecule has 1 aliphatic rings. The Bertz CT molecular complexity index is 856. The number of piperazine rings is 1. The lowest BCUT2D eigenvalue weighted by molar-refractivity contribution is 0.151. The van der Waals surface area contributed by atoms with E-state index in [0.29, 0.717) is 16.4 Å². The first-order valence-electron chi connectivity index (χ1n) is 7.53. The summed E-state index contributed by atoms with van der Waals surface area (Å²) in [4.78, 5) is 9.09. The molecule has 1 aromatic carbocycles. The fraction of sp³-hybridized carbons (Fsp3) is 0.375. The van der Waals surface area contributed by atoms with Crippen molar-refractivity contribution in [2.45, 2.75) is 6.43 Å². The maximum absolute atomic E-state index is 13.0. The van der Waals surface area contributed by atoms with Crippen LogP contribution in [-0.4, -0.2) is 48.3 Å². The highest BCUT2D eigenvalue weighted by atomic mass is 19.3. The fourth-order valence-corrected chi connectivity index (χ4v) is 3.00.